The van der Waals surface area contributed by atoms with E-state index < -0.39 is 5.60 Å². The minimum atomic E-state index is -0.549. The maximum atomic E-state index is 12.5. The molecule has 3 aromatic carbocycles. The fourth-order valence-corrected chi connectivity index (χ4v) is 4.54. The van der Waals surface area contributed by atoms with Crippen LogP contribution in [0.15, 0.2) is 71.6 Å². The van der Waals surface area contributed by atoms with E-state index in [-0.39, 0.29) is 5.91 Å². The molecule has 0 radical (unpaired) electrons. The lowest BCUT2D eigenvalue weighted by Crippen LogP contribution is -2.35. The zero-order valence-electron chi connectivity index (χ0n) is 17.6. The van der Waals surface area contributed by atoms with Gasteiger partial charge in [0.05, 0.1) is 18.1 Å². The van der Waals surface area contributed by atoms with E-state index >= 15 is 0 Å². The van der Waals surface area contributed by atoms with Crippen LogP contribution in [-0.4, -0.2) is 11.7 Å². The Morgan fingerprint density at radius 1 is 1.13 bits per heavy atom. The van der Waals surface area contributed by atoms with Crippen molar-refractivity contribution in [2.45, 2.75) is 37.2 Å². The first kappa shape index (κ1) is 21.0. The van der Waals surface area contributed by atoms with Gasteiger partial charge >= 0.3 is 0 Å². The molecule has 0 saturated carbocycles. The molecule has 31 heavy (non-hydrogen) atoms. The first-order valence-electron chi connectivity index (χ1n) is 10.3. The monoisotopic (exact) mass is 428 g/mol. The SMILES string of the molecule is CCSc1ccc(CC(=O)Nc2ccc(C3(C)Cc4cc(ccc4C#N)O3)cc2)cc1. The molecule has 1 amide bonds. The van der Waals surface area contributed by atoms with E-state index in [2.05, 4.69) is 30.4 Å². The summed E-state index contributed by atoms with van der Waals surface area (Å²) in [6, 6.07) is 23.7. The second-order valence-electron chi connectivity index (χ2n) is 7.82. The zero-order valence-corrected chi connectivity index (χ0v) is 18.5. The summed E-state index contributed by atoms with van der Waals surface area (Å²) in [5, 5.41) is 12.3. The van der Waals surface area contributed by atoms with Crippen molar-refractivity contribution in [1.29, 1.82) is 5.26 Å². The van der Waals surface area contributed by atoms with Gasteiger partial charge in [0.15, 0.2) is 0 Å². The minimum absolute atomic E-state index is 0.0441. The number of benzene rings is 3. The Morgan fingerprint density at radius 2 is 1.87 bits per heavy atom. The highest BCUT2D eigenvalue weighted by Gasteiger charge is 2.34. The molecule has 4 rings (SSSR count). The number of thioether (sulfide) groups is 1. The summed E-state index contributed by atoms with van der Waals surface area (Å²) in [5.41, 5.74) is 3.88. The number of anilines is 1. The molecule has 0 fully saturated rings. The number of rotatable bonds is 6. The van der Waals surface area contributed by atoms with E-state index in [1.807, 2.05) is 55.5 Å². The molecule has 3 aromatic rings. The summed E-state index contributed by atoms with van der Waals surface area (Å²) in [4.78, 5) is 13.7. The summed E-state index contributed by atoms with van der Waals surface area (Å²) in [5.74, 6) is 1.76. The second kappa shape index (κ2) is 8.87. The Morgan fingerprint density at radius 3 is 2.55 bits per heavy atom. The molecule has 0 saturated heterocycles. The van der Waals surface area contributed by atoms with E-state index in [0.717, 1.165) is 33.9 Å². The fraction of sp³-hybridized carbons (Fsp3) is 0.231. The van der Waals surface area contributed by atoms with Crippen molar-refractivity contribution in [3.63, 3.8) is 0 Å². The van der Waals surface area contributed by atoms with Crippen molar-refractivity contribution < 1.29 is 9.53 Å². The summed E-state index contributed by atoms with van der Waals surface area (Å²) < 4.78 is 6.19. The molecule has 0 spiro atoms. The van der Waals surface area contributed by atoms with Crippen LogP contribution in [0.4, 0.5) is 5.69 Å². The number of hydrogen-bond acceptors (Lipinski definition) is 4. The number of carbonyl (C=O) groups is 1. The summed E-state index contributed by atoms with van der Waals surface area (Å²) in [6.45, 7) is 4.15. The van der Waals surface area contributed by atoms with Crippen LogP contribution in [-0.2, 0) is 23.2 Å². The molecule has 5 heteroatoms. The second-order valence-corrected chi connectivity index (χ2v) is 9.16. The van der Waals surface area contributed by atoms with E-state index in [9.17, 15) is 10.1 Å². The highest BCUT2D eigenvalue weighted by molar-refractivity contribution is 7.99. The van der Waals surface area contributed by atoms with Crippen molar-refractivity contribution in [3.8, 4) is 11.8 Å². The number of ether oxygens (including phenoxy) is 1. The summed E-state index contributed by atoms with van der Waals surface area (Å²) in [7, 11) is 0. The molecular formula is C26H24N2O2S. The predicted molar refractivity (Wildman–Crippen MR) is 124 cm³/mol. The Labute approximate surface area is 187 Å². The van der Waals surface area contributed by atoms with E-state index in [0.29, 0.717) is 18.4 Å². The fourth-order valence-electron chi connectivity index (χ4n) is 3.88. The summed E-state index contributed by atoms with van der Waals surface area (Å²) >= 11 is 1.79. The van der Waals surface area contributed by atoms with Crippen LogP contribution in [0.1, 0.15) is 36.1 Å². The lowest BCUT2D eigenvalue weighted by molar-refractivity contribution is -0.115. The lowest BCUT2D eigenvalue weighted by Gasteiger charge is -2.35. The molecule has 1 aliphatic rings. The molecule has 1 atom stereocenters. The van der Waals surface area contributed by atoms with E-state index in [1.165, 1.54) is 4.90 Å². The van der Waals surface area contributed by atoms with Gasteiger partial charge in [0.1, 0.15) is 11.4 Å². The number of amides is 1. The quantitative estimate of drug-likeness (QED) is 0.512. The van der Waals surface area contributed by atoms with Gasteiger partial charge in [0.2, 0.25) is 5.91 Å². The van der Waals surface area contributed by atoms with Gasteiger partial charge in [-0.3, -0.25) is 4.79 Å². The third kappa shape index (κ3) is 4.76. The summed E-state index contributed by atoms with van der Waals surface area (Å²) in [6.07, 6.45) is 0.965. The number of nitriles is 1. The van der Waals surface area contributed by atoms with Gasteiger partial charge in [-0.2, -0.15) is 5.26 Å². The normalized spacial score (nSPS) is 16.8. The number of nitrogens with one attached hydrogen (secondary N) is 1. The molecule has 1 unspecified atom stereocenters. The first-order chi connectivity index (χ1) is 15.0. The number of fused-ring (bicyclic) bond motifs is 2. The Hall–Kier alpha value is -3.23. The first-order valence-corrected chi connectivity index (χ1v) is 11.3. The van der Waals surface area contributed by atoms with Gasteiger partial charge < -0.3 is 10.1 Å². The molecule has 0 aromatic heterocycles. The van der Waals surface area contributed by atoms with Crippen molar-refractivity contribution in [2.75, 3.05) is 11.1 Å². The van der Waals surface area contributed by atoms with Gasteiger partial charge in [0, 0.05) is 17.0 Å². The molecule has 156 valence electrons. The molecular weight excluding hydrogens is 404 g/mol. The number of carbonyl (C=O) groups excluding carboxylic acids is 1. The maximum Gasteiger partial charge on any atom is 0.228 e. The van der Waals surface area contributed by atoms with E-state index in [1.54, 1.807) is 17.8 Å². The average molecular weight is 429 g/mol. The average Bonchev–Trinajstić information content (AvgIpc) is 2.76. The number of nitrogens with zero attached hydrogens (tertiary/aromatic N) is 1. The van der Waals surface area contributed by atoms with Gasteiger partial charge in [-0.25, -0.2) is 0 Å². The highest BCUT2D eigenvalue weighted by atomic mass is 32.2. The molecule has 4 nitrogen and oxygen atoms in total. The van der Waals surface area contributed by atoms with Gasteiger partial charge in [-0.05, 0) is 71.8 Å². The smallest absolute Gasteiger partial charge is 0.228 e. The molecule has 1 N–H and O–H groups in total. The zero-order chi connectivity index (χ0) is 21.8. The largest absolute Gasteiger partial charge is 0.483 e. The van der Waals surface area contributed by atoms with E-state index in [4.69, 9.17) is 4.74 Å². The van der Waals surface area contributed by atoms with Gasteiger partial charge in [0.25, 0.3) is 0 Å². The van der Waals surface area contributed by atoms with Crippen molar-refractivity contribution in [2.24, 2.45) is 0 Å². The predicted octanol–water partition coefficient (Wildman–Crippen LogP) is 5.70. The van der Waals surface area contributed by atoms with Crippen molar-refractivity contribution in [1.82, 2.24) is 0 Å². The molecule has 2 bridgehead atoms. The molecule has 1 heterocycles. The van der Waals surface area contributed by atoms with Crippen LogP contribution in [0.3, 0.4) is 0 Å². The highest BCUT2D eigenvalue weighted by Crippen LogP contribution is 2.38. The van der Waals surface area contributed by atoms with Gasteiger partial charge in [-0.1, -0.05) is 31.2 Å². The third-order valence-corrected chi connectivity index (χ3v) is 6.34. The molecule has 1 aliphatic heterocycles. The van der Waals surface area contributed by atoms with Gasteiger partial charge in [-0.15, -0.1) is 11.8 Å². The van der Waals surface area contributed by atoms with Crippen LogP contribution in [0.5, 0.6) is 5.75 Å². The van der Waals surface area contributed by atoms with Crippen LogP contribution in [0, 0.1) is 11.3 Å². The lowest BCUT2D eigenvalue weighted by atomic mass is 9.85. The van der Waals surface area contributed by atoms with Crippen LogP contribution in [0.25, 0.3) is 0 Å². The Kier molecular flexibility index (Phi) is 6.01. The maximum absolute atomic E-state index is 12.5. The van der Waals surface area contributed by atoms with Crippen LogP contribution in [0.2, 0.25) is 0 Å². The Balaban J connectivity index is 1.41. The topological polar surface area (TPSA) is 62.1 Å². The third-order valence-electron chi connectivity index (χ3n) is 5.45. The standard InChI is InChI=1S/C26H24N2O2S/c1-3-31-24-12-4-18(5-13-24)14-25(29)28-22-9-7-21(8-10-22)26(2)16-20-15-23(30-26)11-6-19(20)17-27/h4-13,15H,3,14,16H2,1-2H3,(H,28,29). The van der Waals surface area contributed by atoms with Crippen LogP contribution < -0.4 is 10.1 Å². The number of hydrogen-bond donors (Lipinski definition) is 1. The van der Waals surface area contributed by atoms with Crippen molar-refractivity contribution in [3.05, 3.63) is 89.0 Å². The van der Waals surface area contributed by atoms with Crippen molar-refractivity contribution >= 4 is 23.4 Å². The minimum Gasteiger partial charge on any atom is -0.483 e. The molecule has 0 aliphatic carbocycles. The van der Waals surface area contributed by atoms with Crippen LogP contribution >= 0.6 is 11.8 Å². The Bertz CT molecular complexity index is 1130.